The van der Waals surface area contributed by atoms with Gasteiger partial charge < -0.3 is 43.4 Å². The third kappa shape index (κ3) is 5.46. The number of hydrogen-bond acceptors (Lipinski definition) is 2. The number of hydrogen-bond donors (Lipinski definition) is 0. The number of aryl methyl sites for hydroxylation is 2. The molecule has 0 fully saturated rings. The molecule has 0 atom stereocenters. The zero-order valence-corrected chi connectivity index (χ0v) is 14.7. The molecule has 20 heavy (non-hydrogen) atoms. The molecular weight excluding hydrogens is 388 g/mol. The van der Waals surface area contributed by atoms with E-state index < -0.39 is 0 Å². The normalized spacial score (nSPS) is 9.10. The van der Waals surface area contributed by atoms with Gasteiger partial charge in [0.15, 0.2) is 23.9 Å². The molecule has 6 heteroatoms. The predicted octanol–water partition coefficient (Wildman–Crippen LogP) is -5.01. The fourth-order valence-electron chi connectivity index (χ4n) is 1.75. The van der Waals surface area contributed by atoms with E-state index in [2.05, 4.69) is 9.13 Å². The first-order valence-corrected chi connectivity index (χ1v) is 5.88. The number of rotatable bonds is 5. The van der Waals surface area contributed by atoms with E-state index in [4.69, 9.17) is 9.47 Å². The molecule has 0 unspecified atom stereocenters. The van der Waals surface area contributed by atoms with Crippen molar-refractivity contribution >= 4 is 0 Å². The van der Waals surface area contributed by atoms with E-state index in [1.54, 1.807) is 14.2 Å². The molecular formula is C14H18Br2N2O2. The van der Waals surface area contributed by atoms with Crippen LogP contribution in [-0.2, 0) is 13.1 Å². The van der Waals surface area contributed by atoms with Gasteiger partial charge in [-0.05, 0) is 12.1 Å². The van der Waals surface area contributed by atoms with Crippen molar-refractivity contribution in [2.24, 2.45) is 0 Å². The van der Waals surface area contributed by atoms with Gasteiger partial charge in [-0.3, -0.25) is 0 Å². The van der Waals surface area contributed by atoms with Gasteiger partial charge >= 0.3 is 0 Å². The highest BCUT2D eigenvalue weighted by Crippen LogP contribution is 2.04. The summed E-state index contributed by atoms with van der Waals surface area (Å²) in [7, 11) is 3.35. The first kappa shape index (κ1) is 18.9. The predicted molar refractivity (Wildman–Crippen MR) is 66.4 cm³/mol. The lowest BCUT2D eigenvalue weighted by Gasteiger charge is -2.00. The minimum absolute atomic E-state index is 0. The maximum absolute atomic E-state index is 5.20. The van der Waals surface area contributed by atoms with Crippen LogP contribution < -0.4 is 52.6 Å². The molecule has 0 aliphatic carbocycles. The van der Waals surface area contributed by atoms with E-state index in [1.807, 2.05) is 49.1 Å². The van der Waals surface area contributed by atoms with Gasteiger partial charge in [-0.2, -0.15) is 9.13 Å². The second kappa shape index (κ2) is 9.72. The Bertz CT molecular complexity index is 477. The molecule has 2 aromatic heterocycles. The Balaban J connectivity index is 0.00000180. The lowest BCUT2D eigenvalue weighted by molar-refractivity contribution is -0.778. The second-order valence-electron chi connectivity index (χ2n) is 3.96. The average Bonchev–Trinajstić information content (AvgIpc) is 2.45. The van der Waals surface area contributed by atoms with Crippen molar-refractivity contribution in [3.8, 4) is 11.5 Å². The molecule has 2 aromatic rings. The molecule has 2 rings (SSSR count). The zero-order valence-electron chi connectivity index (χ0n) is 11.5. The van der Waals surface area contributed by atoms with Gasteiger partial charge in [0.05, 0.1) is 14.2 Å². The summed E-state index contributed by atoms with van der Waals surface area (Å²) in [5.41, 5.74) is 0. The largest absolute Gasteiger partial charge is 1.00 e. The smallest absolute Gasteiger partial charge is 0.211 e. The van der Waals surface area contributed by atoms with Crippen LogP contribution in [0.1, 0.15) is 0 Å². The van der Waals surface area contributed by atoms with E-state index in [-0.39, 0.29) is 34.0 Å². The second-order valence-corrected chi connectivity index (χ2v) is 3.96. The van der Waals surface area contributed by atoms with Crippen LogP contribution in [0.2, 0.25) is 0 Å². The molecule has 0 bridgehead atoms. The van der Waals surface area contributed by atoms with Gasteiger partial charge in [-0.25, -0.2) is 0 Å². The van der Waals surface area contributed by atoms with Crippen LogP contribution in [0.15, 0.2) is 49.1 Å². The highest BCUT2D eigenvalue weighted by molar-refractivity contribution is 5.12. The third-order valence-corrected chi connectivity index (χ3v) is 2.75. The summed E-state index contributed by atoms with van der Waals surface area (Å²) < 4.78 is 14.6. The SMILES string of the molecule is COc1ccc[n+](CC[n+]2cccc(OC)c2)c1.[Br-].[Br-]. The molecule has 0 saturated heterocycles. The quantitative estimate of drug-likeness (QED) is 0.466. The number of pyridine rings is 2. The molecule has 0 amide bonds. The van der Waals surface area contributed by atoms with Crippen LogP contribution >= 0.6 is 0 Å². The van der Waals surface area contributed by atoms with Crippen molar-refractivity contribution in [2.45, 2.75) is 13.1 Å². The summed E-state index contributed by atoms with van der Waals surface area (Å²) in [4.78, 5) is 0. The van der Waals surface area contributed by atoms with Crippen molar-refractivity contribution in [2.75, 3.05) is 14.2 Å². The Hall–Kier alpha value is -1.14. The summed E-state index contributed by atoms with van der Waals surface area (Å²) in [6.45, 7) is 1.77. The molecule has 0 saturated carbocycles. The molecule has 0 aromatic carbocycles. The van der Waals surface area contributed by atoms with Gasteiger partial charge in [-0.15, -0.1) is 0 Å². The Morgan fingerprint density at radius 1 is 0.800 bits per heavy atom. The lowest BCUT2D eigenvalue weighted by atomic mass is 10.4. The van der Waals surface area contributed by atoms with Crippen LogP contribution in [0.5, 0.6) is 11.5 Å². The van der Waals surface area contributed by atoms with Crippen molar-refractivity contribution in [3.63, 3.8) is 0 Å². The molecule has 0 N–H and O–H groups in total. The molecule has 4 nitrogen and oxygen atoms in total. The van der Waals surface area contributed by atoms with E-state index in [1.165, 1.54) is 0 Å². The molecule has 0 aliphatic rings. The van der Waals surface area contributed by atoms with Crippen molar-refractivity contribution in [1.29, 1.82) is 0 Å². The average molecular weight is 406 g/mol. The number of halogens is 2. The van der Waals surface area contributed by atoms with Crippen molar-refractivity contribution in [3.05, 3.63) is 49.1 Å². The Morgan fingerprint density at radius 3 is 1.55 bits per heavy atom. The Labute approximate surface area is 140 Å². The summed E-state index contributed by atoms with van der Waals surface area (Å²) in [6.07, 6.45) is 8.04. The highest BCUT2D eigenvalue weighted by atomic mass is 79.9. The summed E-state index contributed by atoms with van der Waals surface area (Å²) in [5, 5.41) is 0. The first-order valence-electron chi connectivity index (χ1n) is 5.88. The topological polar surface area (TPSA) is 26.2 Å². The maximum atomic E-state index is 5.20. The van der Waals surface area contributed by atoms with E-state index >= 15 is 0 Å². The Morgan fingerprint density at radius 2 is 1.20 bits per heavy atom. The van der Waals surface area contributed by atoms with Crippen LogP contribution in [0.4, 0.5) is 0 Å². The van der Waals surface area contributed by atoms with E-state index in [0.29, 0.717) is 0 Å². The van der Waals surface area contributed by atoms with Gasteiger partial charge in [-0.1, -0.05) is 0 Å². The van der Waals surface area contributed by atoms with Crippen LogP contribution in [0.25, 0.3) is 0 Å². The molecule has 2 heterocycles. The number of ether oxygens (including phenoxy) is 2. The van der Waals surface area contributed by atoms with Gasteiger partial charge in [0.2, 0.25) is 25.5 Å². The van der Waals surface area contributed by atoms with E-state index in [9.17, 15) is 0 Å². The number of aromatic nitrogens is 2. The molecule has 0 radical (unpaired) electrons. The minimum atomic E-state index is 0. The number of methoxy groups -OCH3 is 2. The highest BCUT2D eigenvalue weighted by Gasteiger charge is 2.08. The molecule has 0 aliphatic heterocycles. The lowest BCUT2D eigenvalue weighted by Crippen LogP contribution is -3.00. The minimum Gasteiger partial charge on any atom is -1.00 e. The fraction of sp³-hybridized carbons (Fsp3) is 0.286. The first-order chi connectivity index (χ1) is 8.81. The van der Waals surface area contributed by atoms with Crippen molar-refractivity contribution in [1.82, 2.24) is 0 Å². The summed E-state index contributed by atoms with van der Waals surface area (Å²) in [5.74, 6) is 1.74. The van der Waals surface area contributed by atoms with Gasteiger partial charge in [0, 0.05) is 12.1 Å². The maximum Gasteiger partial charge on any atom is 0.211 e. The van der Waals surface area contributed by atoms with Crippen LogP contribution in [0.3, 0.4) is 0 Å². The molecule has 110 valence electrons. The third-order valence-electron chi connectivity index (χ3n) is 2.75. The summed E-state index contributed by atoms with van der Waals surface area (Å²) >= 11 is 0. The van der Waals surface area contributed by atoms with Crippen LogP contribution in [0, 0.1) is 0 Å². The monoisotopic (exact) mass is 404 g/mol. The van der Waals surface area contributed by atoms with Crippen molar-refractivity contribution < 1.29 is 52.6 Å². The van der Waals surface area contributed by atoms with Crippen LogP contribution in [-0.4, -0.2) is 14.2 Å². The standard InChI is InChI=1S/C14H18N2O2.2BrH/c1-17-13-5-3-7-15(11-13)9-10-16-8-4-6-14(12-16)18-2;;/h3-8,11-12H,9-10H2,1-2H3;2*1H/q+2;;/p-2. The van der Waals surface area contributed by atoms with E-state index in [0.717, 1.165) is 24.6 Å². The Kier molecular flexibility index (Phi) is 9.16. The van der Waals surface area contributed by atoms with Gasteiger partial charge in [0.1, 0.15) is 0 Å². The fourth-order valence-corrected chi connectivity index (χ4v) is 1.75. The zero-order chi connectivity index (χ0) is 12.8. The summed E-state index contributed by atoms with van der Waals surface area (Å²) in [6, 6.07) is 7.84. The number of nitrogens with zero attached hydrogens (tertiary/aromatic N) is 2. The molecule has 0 spiro atoms. The van der Waals surface area contributed by atoms with Gasteiger partial charge in [0.25, 0.3) is 0 Å².